The zero-order valence-corrected chi connectivity index (χ0v) is 15.9. The molecule has 1 fully saturated rings. The maximum Gasteiger partial charge on any atom is 0.387 e. The molecule has 2 aromatic carbocycles. The Labute approximate surface area is 167 Å². The first-order valence-corrected chi connectivity index (χ1v) is 9.35. The molecule has 0 bridgehead atoms. The SMILES string of the molecule is C[C@H](OC(=O)c1ccccc1Nc1ccc(OC(F)F)cc1)C(=O)N1CCCC1. The molecule has 1 aliphatic rings. The molecule has 1 amide bonds. The van der Waals surface area contributed by atoms with Crippen LogP contribution in [0.15, 0.2) is 48.5 Å². The smallest absolute Gasteiger partial charge is 0.387 e. The van der Waals surface area contributed by atoms with Crippen molar-refractivity contribution in [3.05, 3.63) is 54.1 Å². The summed E-state index contributed by atoms with van der Waals surface area (Å²) in [6, 6.07) is 12.6. The number of halogens is 2. The average molecular weight is 404 g/mol. The number of ether oxygens (including phenoxy) is 2. The second-order valence-corrected chi connectivity index (χ2v) is 6.65. The van der Waals surface area contributed by atoms with Crippen molar-refractivity contribution in [3.63, 3.8) is 0 Å². The topological polar surface area (TPSA) is 67.9 Å². The Morgan fingerprint density at radius 2 is 1.69 bits per heavy atom. The maximum absolute atomic E-state index is 12.6. The number of benzene rings is 2. The van der Waals surface area contributed by atoms with Crippen LogP contribution in [-0.4, -0.2) is 42.6 Å². The van der Waals surface area contributed by atoms with Crippen molar-refractivity contribution >= 4 is 23.3 Å². The molecular formula is C21H22F2N2O4. The molecule has 2 aromatic rings. The molecule has 0 aliphatic carbocycles. The fourth-order valence-electron chi connectivity index (χ4n) is 3.11. The number of hydrogen-bond donors (Lipinski definition) is 1. The number of carbonyl (C=O) groups excluding carboxylic acids is 2. The highest BCUT2D eigenvalue weighted by molar-refractivity contribution is 5.98. The van der Waals surface area contributed by atoms with Crippen molar-refractivity contribution in [2.75, 3.05) is 18.4 Å². The Bertz CT molecular complexity index is 852. The highest BCUT2D eigenvalue weighted by Gasteiger charge is 2.27. The number of likely N-dealkylation sites (tertiary alicyclic amines) is 1. The number of amides is 1. The van der Waals surface area contributed by atoms with Crippen LogP contribution in [-0.2, 0) is 9.53 Å². The van der Waals surface area contributed by atoms with Crippen LogP contribution in [0.4, 0.5) is 20.2 Å². The Hall–Kier alpha value is -3.16. The third-order valence-electron chi connectivity index (χ3n) is 4.55. The lowest BCUT2D eigenvalue weighted by atomic mass is 10.1. The second-order valence-electron chi connectivity index (χ2n) is 6.65. The van der Waals surface area contributed by atoms with Gasteiger partial charge in [0.2, 0.25) is 0 Å². The lowest BCUT2D eigenvalue weighted by Gasteiger charge is -2.21. The summed E-state index contributed by atoms with van der Waals surface area (Å²) in [5.74, 6) is -0.783. The highest BCUT2D eigenvalue weighted by Crippen LogP contribution is 2.24. The minimum atomic E-state index is -2.89. The summed E-state index contributed by atoms with van der Waals surface area (Å²) in [6.07, 6.45) is 1.04. The van der Waals surface area contributed by atoms with Gasteiger partial charge in [-0.05, 0) is 56.2 Å². The number of nitrogens with one attached hydrogen (secondary N) is 1. The highest BCUT2D eigenvalue weighted by atomic mass is 19.3. The number of para-hydroxylation sites is 1. The van der Waals surface area contributed by atoms with Crippen molar-refractivity contribution < 1.29 is 27.8 Å². The van der Waals surface area contributed by atoms with E-state index in [0.29, 0.717) is 24.5 Å². The van der Waals surface area contributed by atoms with E-state index < -0.39 is 18.7 Å². The third-order valence-corrected chi connectivity index (χ3v) is 4.55. The van der Waals surface area contributed by atoms with E-state index in [1.165, 1.54) is 12.1 Å². The van der Waals surface area contributed by atoms with E-state index in [1.54, 1.807) is 48.2 Å². The van der Waals surface area contributed by atoms with Gasteiger partial charge >= 0.3 is 12.6 Å². The van der Waals surface area contributed by atoms with Crippen LogP contribution < -0.4 is 10.1 Å². The molecule has 154 valence electrons. The average Bonchev–Trinajstić information content (AvgIpc) is 3.23. The number of carbonyl (C=O) groups is 2. The number of nitrogens with zero attached hydrogens (tertiary/aromatic N) is 1. The molecule has 1 saturated heterocycles. The molecule has 8 heteroatoms. The van der Waals surface area contributed by atoms with E-state index >= 15 is 0 Å². The molecule has 29 heavy (non-hydrogen) atoms. The van der Waals surface area contributed by atoms with Crippen LogP contribution >= 0.6 is 0 Å². The van der Waals surface area contributed by atoms with Crippen LogP contribution in [0, 0.1) is 0 Å². The molecule has 0 unspecified atom stereocenters. The molecule has 1 atom stereocenters. The Morgan fingerprint density at radius 3 is 2.34 bits per heavy atom. The van der Waals surface area contributed by atoms with Crippen LogP contribution in [0.3, 0.4) is 0 Å². The summed E-state index contributed by atoms with van der Waals surface area (Å²) in [7, 11) is 0. The van der Waals surface area contributed by atoms with Gasteiger partial charge in [-0.25, -0.2) is 4.79 Å². The fraction of sp³-hybridized carbons (Fsp3) is 0.333. The van der Waals surface area contributed by atoms with Gasteiger partial charge in [-0.1, -0.05) is 12.1 Å². The number of esters is 1. The normalized spacial score (nSPS) is 14.6. The van der Waals surface area contributed by atoms with Gasteiger partial charge in [-0.2, -0.15) is 8.78 Å². The first-order valence-electron chi connectivity index (χ1n) is 9.35. The van der Waals surface area contributed by atoms with Crippen molar-refractivity contribution in [2.45, 2.75) is 32.5 Å². The van der Waals surface area contributed by atoms with Crippen LogP contribution in [0.5, 0.6) is 5.75 Å². The molecule has 1 aliphatic heterocycles. The number of alkyl halides is 2. The summed E-state index contributed by atoms with van der Waals surface area (Å²) in [4.78, 5) is 26.7. The van der Waals surface area contributed by atoms with Crippen molar-refractivity contribution in [1.82, 2.24) is 4.90 Å². The zero-order valence-electron chi connectivity index (χ0n) is 15.9. The minimum Gasteiger partial charge on any atom is -0.449 e. The van der Waals surface area contributed by atoms with E-state index in [-0.39, 0.29) is 17.2 Å². The predicted molar refractivity (Wildman–Crippen MR) is 103 cm³/mol. The van der Waals surface area contributed by atoms with Crippen molar-refractivity contribution in [2.24, 2.45) is 0 Å². The fourth-order valence-corrected chi connectivity index (χ4v) is 3.11. The zero-order chi connectivity index (χ0) is 20.8. The first-order chi connectivity index (χ1) is 13.9. The molecule has 3 rings (SSSR count). The predicted octanol–water partition coefficient (Wildman–Crippen LogP) is 4.20. The standard InChI is InChI=1S/C21H22F2N2O4/c1-14(19(26)25-12-4-5-13-25)28-20(27)17-6-2-3-7-18(17)24-15-8-10-16(11-9-15)29-21(22)23/h2-3,6-11,14,21,24H,4-5,12-13H2,1H3/t14-/m0/s1. The van der Waals surface area contributed by atoms with Crippen molar-refractivity contribution in [3.8, 4) is 5.75 Å². The van der Waals surface area contributed by atoms with Gasteiger partial charge in [0.25, 0.3) is 5.91 Å². The number of rotatable bonds is 7. The van der Waals surface area contributed by atoms with E-state index in [9.17, 15) is 18.4 Å². The number of anilines is 2. The quantitative estimate of drug-likeness (QED) is 0.701. The monoisotopic (exact) mass is 404 g/mol. The van der Waals surface area contributed by atoms with E-state index in [1.807, 2.05) is 0 Å². The minimum absolute atomic E-state index is 0.0347. The van der Waals surface area contributed by atoms with Gasteiger partial charge in [-0.15, -0.1) is 0 Å². The van der Waals surface area contributed by atoms with Crippen LogP contribution in [0.1, 0.15) is 30.1 Å². The molecule has 0 saturated carbocycles. The molecule has 6 nitrogen and oxygen atoms in total. The Kier molecular flexibility index (Phi) is 6.64. The van der Waals surface area contributed by atoms with Gasteiger partial charge in [-0.3, -0.25) is 4.79 Å². The summed E-state index contributed by atoms with van der Waals surface area (Å²) in [5.41, 5.74) is 1.32. The summed E-state index contributed by atoms with van der Waals surface area (Å²) in [5, 5.41) is 3.05. The largest absolute Gasteiger partial charge is 0.449 e. The molecule has 1 N–H and O–H groups in total. The van der Waals surface area contributed by atoms with Gasteiger partial charge in [0, 0.05) is 18.8 Å². The van der Waals surface area contributed by atoms with Gasteiger partial charge in [0.15, 0.2) is 6.10 Å². The maximum atomic E-state index is 12.6. The van der Waals surface area contributed by atoms with Gasteiger partial charge in [0.1, 0.15) is 5.75 Å². The van der Waals surface area contributed by atoms with E-state index in [2.05, 4.69) is 10.1 Å². The summed E-state index contributed by atoms with van der Waals surface area (Å²) in [6.45, 7) is 0.0412. The first kappa shape index (κ1) is 20.6. The molecule has 0 radical (unpaired) electrons. The van der Waals surface area contributed by atoms with Crippen molar-refractivity contribution in [1.29, 1.82) is 0 Å². The third kappa shape index (κ3) is 5.43. The lowest BCUT2D eigenvalue weighted by molar-refractivity contribution is -0.138. The second kappa shape index (κ2) is 9.36. The summed E-state index contributed by atoms with van der Waals surface area (Å²) >= 11 is 0. The van der Waals surface area contributed by atoms with Gasteiger partial charge in [0.05, 0.1) is 11.3 Å². The van der Waals surface area contributed by atoms with E-state index in [0.717, 1.165) is 12.8 Å². The summed E-state index contributed by atoms with van der Waals surface area (Å²) < 4.78 is 34.2. The molecular weight excluding hydrogens is 382 g/mol. The van der Waals surface area contributed by atoms with E-state index in [4.69, 9.17) is 4.74 Å². The van der Waals surface area contributed by atoms with Crippen LogP contribution in [0.25, 0.3) is 0 Å². The Balaban J connectivity index is 1.67. The molecule has 0 spiro atoms. The number of hydrogen-bond acceptors (Lipinski definition) is 5. The lowest BCUT2D eigenvalue weighted by Crippen LogP contribution is -2.38. The van der Waals surface area contributed by atoms with Gasteiger partial charge < -0.3 is 19.7 Å². The molecule has 1 heterocycles. The Morgan fingerprint density at radius 1 is 1.03 bits per heavy atom. The van der Waals surface area contributed by atoms with Crippen LogP contribution in [0.2, 0.25) is 0 Å². The molecule has 0 aromatic heterocycles.